The van der Waals surface area contributed by atoms with Gasteiger partial charge in [0.05, 0.1) is 35.7 Å². The van der Waals surface area contributed by atoms with Crippen LogP contribution in [0.4, 0.5) is 11.4 Å². The minimum atomic E-state index is -3.80. The molecule has 0 bridgehead atoms. The number of rotatable bonds is 7. The van der Waals surface area contributed by atoms with E-state index in [9.17, 15) is 18.0 Å². The molecule has 1 aliphatic rings. The summed E-state index contributed by atoms with van der Waals surface area (Å²) in [7, 11) is -0.819. The van der Waals surface area contributed by atoms with Crippen molar-refractivity contribution >= 4 is 44.8 Å². The van der Waals surface area contributed by atoms with E-state index in [2.05, 4.69) is 10.6 Å². The van der Waals surface area contributed by atoms with E-state index in [0.717, 1.165) is 4.90 Å². The first-order valence-corrected chi connectivity index (χ1v) is 12.1. The van der Waals surface area contributed by atoms with Gasteiger partial charge in [0.15, 0.2) is 9.84 Å². The fraction of sp³-hybridized carbons (Fsp3) is 0.333. The number of methoxy groups -OCH3 is 2. The molecule has 0 radical (unpaired) electrons. The zero-order valence-corrected chi connectivity index (χ0v) is 19.1. The third kappa shape index (κ3) is 5.31. The number of hydrogen-bond donors (Lipinski definition) is 2. The SMILES string of the molecule is COc1ccc(OC)c(NC(=O)C[C@@H](C)S(=O)(=O)c2ccc3c(c2)NC(=O)CCS3)c1. The highest BCUT2D eigenvalue weighted by Gasteiger charge is 2.27. The van der Waals surface area contributed by atoms with E-state index in [1.165, 1.54) is 45.0 Å². The average Bonchev–Trinajstić information content (AvgIpc) is 2.93. The van der Waals surface area contributed by atoms with Gasteiger partial charge in [-0.25, -0.2) is 8.42 Å². The number of benzene rings is 2. The molecule has 1 heterocycles. The predicted octanol–water partition coefficient (Wildman–Crippen LogP) is 3.33. The van der Waals surface area contributed by atoms with Gasteiger partial charge < -0.3 is 20.1 Å². The Labute approximate surface area is 185 Å². The molecule has 10 heteroatoms. The highest BCUT2D eigenvalue weighted by Crippen LogP contribution is 2.34. The maximum Gasteiger partial charge on any atom is 0.225 e. The Morgan fingerprint density at radius 2 is 1.97 bits per heavy atom. The number of ether oxygens (including phenoxy) is 2. The van der Waals surface area contributed by atoms with Crippen LogP contribution in [-0.2, 0) is 19.4 Å². The number of fused-ring (bicyclic) bond motifs is 1. The molecule has 2 amide bonds. The van der Waals surface area contributed by atoms with E-state index >= 15 is 0 Å². The summed E-state index contributed by atoms with van der Waals surface area (Å²) in [5.74, 6) is 0.974. The maximum atomic E-state index is 13.1. The Morgan fingerprint density at radius 3 is 2.68 bits per heavy atom. The van der Waals surface area contributed by atoms with Gasteiger partial charge in [-0.1, -0.05) is 0 Å². The molecule has 0 unspecified atom stereocenters. The van der Waals surface area contributed by atoms with Crippen molar-refractivity contribution in [1.82, 2.24) is 0 Å². The Balaban J connectivity index is 1.76. The van der Waals surface area contributed by atoms with E-state index < -0.39 is 21.0 Å². The molecule has 0 saturated carbocycles. The van der Waals surface area contributed by atoms with Crippen LogP contribution in [0.2, 0.25) is 0 Å². The second-order valence-corrected chi connectivity index (χ2v) is 10.5. The molecule has 0 aliphatic carbocycles. The van der Waals surface area contributed by atoms with E-state index in [-0.39, 0.29) is 17.2 Å². The number of carbonyl (C=O) groups excluding carboxylic acids is 2. The lowest BCUT2D eigenvalue weighted by Crippen LogP contribution is -2.25. The van der Waals surface area contributed by atoms with Crippen LogP contribution >= 0.6 is 11.8 Å². The van der Waals surface area contributed by atoms with Crippen molar-refractivity contribution < 1.29 is 27.5 Å². The van der Waals surface area contributed by atoms with Crippen molar-refractivity contribution in [3.8, 4) is 11.5 Å². The molecule has 3 rings (SSSR count). The van der Waals surface area contributed by atoms with Crippen molar-refractivity contribution in [3.63, 3.8) is 0 Å². The predicted molar refractivity (Wildman–Crippen MR) is 120 cm³/mol. The van der Waals surface area contributed by atoms with E-state index in [4.69, 9.17) is 9.47 Å². The van der Waals surface area contributed by atoms with Crippen LogP contribution in [-0.4, -0.2) is 45.5 Å². The van der Waals surface area contributed by atoms with Crippen molar-refractivity contribution in [2.24, 2.45) is 0 Å². The molecule has 1 aliphatic heterocycles. The third-order valence-electron chi connectivity index (χ3n) is 4.82. The van der Waals surface area contributed by atoms with Gasteiger partial charge in [-0.15, -0.1) is 11.8 Å². The maximum absolute atomic E-state index is 13.1. The highest BCUT2D eigenvalue weighted by atomic mass is 32.2. The first kappa shape index (κ1) is 23.0. The minimum absolute atomic E-state index is 0.0633. The minimum Gasteiger partial charge on any atom is -0.497 e. The third-order valence-corrected chi connectivity index (χ3v) is 8.04. The molecule has 0 spiro atoms. The average molecular weight is 465 g/mol. The Kier molecular flexibility index (Phi) is 7.11. The largest absolute Gasteiger partial charge is 0.497 e. The van der Waals surface area contributed by atoms with E-state index in [1.807, 2.05) is 0 Å². The van der Waals surface area contributed by atoms with Crippen LogP contribution in [0.3, 0.4) is 0 Å². The summed E-state index contributed by atoms with van der Waals surface area (Å²) in [5, 5.41) is 4.45. The van der Waals surface area contributed by atoms with Crippen molar-refractivity contribution in [3.05, 3.63) is 36.4 Å². The fourth-order valence-electron chi connectivity index (χ4n) is 3.09. The van der Waals surface area contributed by atoms with Crippen LogP contribution in [0.25, 0.3) is 0 Å². The lowest BCUT2D eigenvalue weighted by atomic mass is 10.2. The van der Waals surface area contributed by atoms with Crippen LogP contribution in [0, 0.1) is 0 Å². The Hall–Kier alpha value is -2.72. The smallest absolute Gasteiger partial charge is 0.225 e. The monoisotopic (exact) mass is 464 g/mol. The molecule has 8 nitrogen and oxygen atoms in total. The number of sulfone groups is 1. The van der Waals surface area contributed by atoms with Crippen molar-refractivity contribution in [1.29, 1.82) is 0 Å². The van der Waals surface area contributed by atoms with Crippen LogP contribution in [0.1, 0.15) is 19.8 Å². The standard InChI is InChI=1S/C21H24N2O6S2/c1-13(10-21(25)22-16-11-14(28-2)4-6-18(16)29-3)31(26,27)15-5-7-19-17(12-15)23-20(24)8-9-30-19/h4-7,11-13H,8-10H2,1-3H3,(H,22,25)(H,23,24)/t13-/m1/s1. The van der Waals surface area contributed by atoms with Gasteiger partial charge in [0, 0.05) is 29.6 Å². The summed E-state index contributed by atoms with van der Waals surface area (Å²) < 4.78 is 36.5. The summed E-state index contributed by atoms with van der Waals surface area (Å²) >= 11 is 1.49. The summed E-state index contributed by atoms with van der Waals surface area (Å²) in [5.41, 5.74) is 0.868. The number of hydrogen-bond acceptors (Lipinski definition) is 7. The summed E-state index contributed by atoms with van der Waals surface area (Å²) in [6, 6.07) is 9.60. The van der Waals surface area contributed by atoms with E-state index in [0.29, 0.717) is 35.0 Å². The zero-order chi connectivity index (χ0) is 22.6. The van der Waals surface area contributed by atoms with Crippen LogP contribution in [0.5, 0.6) is 11.5 Å². The Bertz CT molecular complexity index is 1100. The molecule has 2 N–H and O–H groups in total. The van der Waals surface area contributed by atoms with Crippen LogP contribution in [0.15, 0.2) is 46.2 Å². The molecule has 0 saturated heterocycles. The molecule has 31 heavy (non-hydrogen) atoms. The number of thioether (sulfide) groups is 1. The topological polar surface area (TPSA) is 111 Å². The van der Waals surface area contributed by atoms with Gasteiger partial charge in [0.1, 0.15) is 11.5 Å². The first-order chi connectivity index (χ1) is 14.7. The lowest BCUT2D eigenvalue weighted by Gasteiger charge is -2.16. The molecular weight excluding hydrogens is 440 g/mol. The van der Waals surface area contributed by atoms with Gasteiger partial charge in [-0.2, -0.15) is 0 Å². The quantitative estimate of drug-likeness (QED) is 0.647. The van der Waals surface area contributed by atoms with Gasteiger partial charge >= 0.3 is 0 Å². The molecule has 0 aromatic heterocycles. The highest BCUT2D eigenvalue weighted by molar-refractivity contribution is 7.99. The van der Waals surface area contributed by atoms with Crippen molar-refractivity contribution in [2.45, 2.75) is 34.8 Å². The second kappa shape index (κ2) is 9.61. The fourth-order valence-corrected chi connectivity index (χ4v) is 5.40. The molecule has 0 fully saturated rings. The normalized spacial score (nSPS) is 14.6. The van der Waals surface area contributed by atoms with Gasteiger partial charge in [0.25, 0.3) is 0 Å². The van der Waals surface area contributed by atoms with Crippen molar-refractivity contribution in [2.75, 3.05) is 30.6 Å². The molecule has 166 valence electrons. The second-order valence-electron chi connectivity index (χ2n) is 6.98. The summed E-state index contributed by atoms with van der Waals surface area (Å²) in [4.78, 5) is 25.3. The van der Waals surface area contributed by atoms with Crippen LogP contribution < -0.4 is 20.1 Å². The molecule has 2 aromatic rings. The Morgan fingerprint density at radius 1 is 1.19 bits per heavy atom. The zero-order valence-electron chi connectivity index (χ0n) is 17.4. The molecule has 1 atom stereocenters. The number of carbonyl (C=O) groups is 2. The lowest BCUT2D eigenvalue weighted by molar-refractivity contribution is -0.116. The first-order valence-electron chi connectivity index (χ1n) is 9.57. The summed E-state index contributed by atoms with van der Waals surface area (Å²) in [6.07, 6.45) is 0.118. The van der Waals surface area contributed by atoms with E-state index in [1.54, 1.807) is 24.3 Å². The molecule has 2 aromatic carbocycles. The van der Waals surface area contributed by atoms with Gasteiger partial charge in [-0.3, -0.25) is 9.59 Å². The van der Waals surface area contributed by atoms with Gasteiger partial charge in [0.2, 0.25) is 11.8 Å². The molecular formula is C21H24N2O6S2. The number of nitrogens with one attached hydrogen (secondary N) is 2. The number of amides is 2. The number of anilines is 2. The summed E-state index contributed by atoms with van der Waals surface area (Å²) in [6.45, 7) is 1.48. The van der Waals surface area contributed by atoms with Gasteiger partial charge in [-0.05, 0) is 37.3 Å².